The fraction of sp³-hybridized carbons (Fsp3) is 0.143. The molecule has 0 saturated carbocycles. The molecule has 0 bridgehead atoms. The Kier molecular flexibility index (Phi) is 10.3. The highest BCUT2D eigenvalue weighted by molar-refractivity contribution is 5.58. The summed E-state index contributed by atoms with van der Waals surface area (Å²) in [4.78, 5) is 0. The Balaban J connectivity index is 1.27. The number of phenols is 6. The van der Waals surface area contributed by atoms with E-state index in [1.165, 1.54) is 12.1 Å². The minimum atomic E-state index is -0.319. The van der Waals surface area contributed by atoms with Crippen molar-refractivity contribution in [3.63, 3.8) is 0 Å². The molecule has 8 heteroatoms. The van der Waals surface area contributed by atoms with Gasteiger partial charge in [0.05, 0.1) is 0 Å². The van der Waals surface area contributed by atoms with E-state index in [0.717, 1.165) is 33.4 Å². The topological polar surface area (TPSA) is 140 Å². The molecule has 6 aromatic carbocycles. The first-order valence-electron chi connectivity index (χ1n) is 16.4. The molecule has 0 amide bonds. The van der Waals surface area contributed by atoms with Crippen LogP contribution >= 0.6 is 0 Å². The van der Waals surface area contributed by atoms with Crippen molar-refractivity contribution in [1.29, 1.82) is 0 Å². The van der Waals surface area contributed by atoms with Crippen molar-refractivity contribution in [2.45, 2.75) is 38.5 Å². The second kappa shape index (κ2) is 15.3. The molecule has 0 aliphatic rings. The highest BCUT2D eigenvalue weighted by Crippen LogP contribution is 2.45. The van der Waals surface area contributed by atoms with Gasteiger partial charge in [0.15, 0.2) is 34.5 Å². The number of benzene rings is 6. The van der Waals surface area contributed by atoms with Gasteiger partial charge in [0.1, 0.15) is 17.2 Å². The van der Waals surface area contributed by atoms with Crippen molar-refractivity contribution in [3.8, 4) is 57.5 Å². The molecule has 254 valence electrons. The summed E-state index contributed by atoms with van der Waals surface area (Å²) in [7, 11) is 0. The van der Waals surface area contributed by atoms with Crippen LogP contribution in [0.2, 0.25) is 0 Å². The van der Waals surface area contributed by atoms with Gasteiger partial charge in [0.2, 0.25) is 5.75 Å². The fourth-order valence-corrected chi connectivity index (χ4v) is 5.77. The summed E-state index contributed by atoms with van der Waals surface area (Å²) >= 11 is 0. The molecule has 6 aromatic rings. The van der Waals surface area contributed by atoms with Gasteiger partial charge < -0.3 is 40.1 Å². The number of aryl methyl sites for hydroxylation is 6. The second-order valence-electron chi connectivity index (χ2n) is 12.3. The minimum absolute atomic E-state index is 0.0494. The maximum Gasteiger partial charge on any atom is 0.202 e. The van der Waals surface area contributed by atoms with Gasteiger partial charge in [-0.25, -0.2) is 0 Å². The SMILES string of the molecule is Oc1cccc(CCc2ccc(O)c(Oc3cc(CCc4cccc(O)c4)cc(Oc4cc(CCc5cccc(O)c5)ccc4O)c3O)c2)c1. The molecule has 0 unspecified atom stereocenters. The number of phenolic OH excluding ortho intramolecular Hbond substituents is 6. The lowest BCUT2D eigenvalue weighted by Crippen LogP contribution is -1.97. The summed E-state index contributed by atoms with van der Waals surface area (Å²) in [6, 6.07) is 34.5. The molecule has 0 aromatic heterocycles. The van der Waals surface area contributed by atoms with E-state index < -0.39 is 0 Å². The lowest BCUT2D eigenvalue weighted by molar-refractivity contribution is 0.357. The third-order valence-corrected chi connectivity index (χ3v) is 8.43. The van der Waals surface area contributed by atoms with Crippen molar-refractivity contribution >= 4 is 0 Å². The van der Waals surface area contributed by atoms with Gasteiger partial charge in [-0.15, -0.1) is 0 Å². The lowest BCUT2D eigenvalue weighted by atomic mass is 10.0. The predicted octanol–water partition coefficient (Wildman–Crippen LogP) is 8.86. The van der Waals surface area contributed by atoms with E-state index in [4.69, 9.17) is 9.47 Å². The first-order valence-corrected chi connectivity index (χ1v) is 16.4. The van der Waals surface area contributed by atoms with E-state index >= 15 is 0 Å². The quantitative estimate of drug-likeness (QED) is 0.0716. The smallest absolute Gasteiger partial charge is 0.202 e. The first-order chi connectivity index (χ1) is 24.2. The molecular weight excluding hydrogens is 632 g/mol. The second-order valence-corrected chi connectivity index (χ2v) is 12.3. The molecule has 0 spiro atoms. The molecule has 0 aliphatic heterocycles. The van der Waals surface area contributed by atoms with E-state index in [-0.39, 0.29) is 57.5 Å². The molecular formula is C42H38O8. The lowest BCUT2D eigenvalue weighted by Gasteiger charge is -2.17. The van der Waals surface area contributed by atoms with Crippen molar-refractivity contribution in [2.24, 2.45) is 0 Å². The van der Waals surface area contributed by atoms with Crippen LogP contribution < -0.4 is 9.47 Å². The third-order valence-electron chi connectivity index (χ3n) is 8.43. The van der Waals surface area contributed by atoms with Gasteiger partial charge in [-0.05, 0) is 145 Å². The minimum Gasteiger partial charge on any atom is -0.508 e. The van der Waals surface area contributed by atoms with Gasteiger partial charge in [-0.2, -0.15) is 0 Å². The zero-order valence-corrected chi connectivity index (χ0v) is 27.3. The van der Waals surface area contributed by atoms with Crippen LogP contribution in [-0.4, -0.2) is 30.6 Å². The van der Waals surface area contributed by atoms with Crippen LogP contribution in [0.25, 0.3) is 0 Å². The van der Waals surface area contributed by atoms with E-state index in [2.05, 4.69) is 0 Å². The van der Waals surface area contributed by atoms with Crippen LogP contribution in [-0.2, 0) is 38.5 Å². The van der Waals surface area contributed by atoms with E-state index in [0.29, 0.717) is 38.5 Å². The van der Waals surface area contributed by atoms with Crippen LogP contribution in [0, 0.1) is 0 Å². The summed E-state index contributed by atoms with van der Waals surface area (Å²) in [6.45, 7) is 0. The molecule has 0 atom stereocenters. The summed E-state index contributed by atoms with van der Waals surface area (Å²) in [5.74, 6) is 0.391. The Hall–Kier alpha value is -6.28. The van der Waals surface area contributed by atoms with E-state index in [9.17, 15) is 30.6 Å². The standard InChI is InChI=1S/C42H38O8/c43-33-7-1-4-27(20-33)10-12-30-16-18-36(46)38(23-30)49-40-25-32(15-14-29-6-3-9-35(45)22-29)26-41(42(40)48)50-39-24-31(17-19-37(39)47)13-11-28-5-2-8-34(44)21-28/h1-9,16-26,43-48H,10-15H2. The Labute approximate surface area is 290 Å². The molecule has 50 heavy (non-hydrogen) atoms. The zero-order valence-electron chi connectivity index (χ0n) is 27.3. The number of rotatable bonds is 13. The van der Waals surface area contributed by atoms with Crippen molar-refractivity contribution in [1.82, 2.24) is 0 Å². The number of hydrogen-bond donors (Lipinski definition) is 6. The van der Waals surface area contributed by atoms with Crippen molar-refractivity contribution in [2.75, 3.05) is 0 Å². The predicted molar refractivity (Wildman–Crippen MR) is 191 cm³/mol. The average molecular weight is 671 g/mol. The van der Waals surface area contributed by atoms with Crippen LogP contribution in [0.5, 0.6) is 57.5 Å². The Bertz CT molecular complexity index is 1980. The third kappa shape index (κ3) is 8.79. The summed E-state index contributed by atoms with van der Waals surface area (Å²) < 4.78 is 12.3. The molecule has 0 aliphatic carbocycles. The van der Waals surface area contributed by atoms with Crippen LogP contribution in [0.4, 0.5) is 0 Å². The number of hydrogen-bond acceptors (Lipinski definition) is 8. The summed E-state index contributed by atoms with van der Waals surface area (Å²) in [5.41, 5.74) is 5.35. The number of ether oxygens (including phenoxy) is 2. The monoisotopic (exact) mass is 670 g/mol. The summed E-state index contributed by atoms with van der Waals surface area (Å²) in [6.07, 6.45) is 3.62. The van der Waals surface area contributed by atoms with Gasteiger partial charge in [-0.1, -0.05) is 48.5 Å². The molecule has 0 fully saturated rings. The molecule has 0 heterocycles. The highest BCUT2D eigenvalue weighted by Gasteiger charge is 2.18. The molecule has 6 N–H and O–H groups in total. The van der Waals surface area contributed by atoms with Gasteiger partial charge >= 0.3 is 0 Å². The summed E-state index contributed by atoms with van der Waals surface area (Å²) in [5, 5.41) is 62.5. The van der Waals surface area contributed by atoms with Gasteiger partial charge in [-0.3, -0.25) is 0 Å². The van der Waals surface area contributed by atoms with Crippen molar-refractivity contribution in [3.05, 3.63) is 155 Å². The maximum atomic E-state index is 11.4. The van der Waals surface area contributed by atoms with Gasteiger partial charge in [0, 0.05) is 0 Å². The van der Waals surface area contributed by atoms with E-state index in [1.807, 2.05) is 18.2 Å². The maximum absolute atomic E-state index is 11.4. The van der Waals surface area contributed by atoms with Crippen LogP contribution in [0.15, 0.2) is 121 Å². The molecule has 8 nitrogen and oxygen atoms in total. The largest absolute Gasteiger partial charge is 0.508 e. The Morgan fingerprint density at radius 2 is 0.640 bits per heavy atom. The number of aromatic hydroxyl groups is 6. The highest BCUT2D eigenvalue weighted by atomic mass is 16.5. The van der Waals surface area contributed by atoms with Crippen molar-refractivity contribution < 1.29 is 40.1 Å². The van der Waals surface area contributed by atoms with E-state index in [1.54, 1.807) is 91.0 Å². The van der Waals surface area contributed by atoms with Crippen LogP contribution in [0.1, 0.15) is 33.4 Å². The molecule has 6 rings (SSSR count). The van der Waals surface area contributed by atoms with Gasteiger partial charge in [0.25, 0.3) is 0 Å². The first kappa shape index (κ1) is 33.6. The normalized spacial score (nSPS) is 11.0. The zero-order chi connectivity index (χ0) is 35.0. The van der Waals surface area contributed by atoms with Crippen LogP contribution in [0.3, 0.4) is 0 Å². The average Bonchev–Trinajstić information content (AvgIpc) is 3.10. The Morgan fingerprint density at radius 1 is 0.320 bits per heavy atom. The molecule has 0 radical (unpaired) electrons. The fourth-order valence-electron chi connectivity index (χ4n) is 5.77. The Morgan fingerprint density at radius 3 is 1.00 bits per heavy atom. The molecule has 0 saturated heterocycles.